The lowest BCUT2D eigenvalue weighted by atomic mass is 10.0. The molecule has 40 heavy (non-hydrogen) atoms. The van der Waals surface area contributed by atoms with Crippen LogP contribution >= 0.6 is 0 Å². The topological polar surface area (TPSA) is 122 Å². The third-order valence-electron chi connectivity index (χ3n) is 7.55. The molecule has 1 atom stereocenters. The van der Waals surface area contributed by atoms with Crippen molar-refractivity contribution in [3.8, 4) is 11.3 Å². The summed E-state index contributed by atoms with van der Waals surface area (Å²) in [7, 11) is 0. The Labute approximate surface area is 231 Å². The van der Waals surface area contributed by atoms with Gasteiger partial charge >= 0.3 is 0 Å². The number of para-hydroxylation sites is 2. The number of piperidine rings is 1. The molecule has 1 fully saturated rings. The highest BCUT2D eigenvalue weighted by Gasteiger charge is 2.39. The summed E-state index contributed by atoms with van der Waals surface area (Å²) in [4.78, 5) is 47.5. The van der Waals surface area contributed by atoms with Crippen LogP contribution in [-0.4, -0.2) is 55.0 Å². The number of benzene rings is 2. The van der Waals surface area contributed by atoms with Crippen molar-refractivity contribution in [3.05, 3.63) is 72.2 Å². The smallest absolute Gasteiger partial charge is 0.255 e. The lowest BCUT2D eigenvalue weighted by molar-refractivity contribution is -0.136. The van der Waals surface area contributed by atoms with Crippen LogP contribution < -0.4 is 10.6 Å². The molecule has 2 aromatic carbocycles. The van der Waals surface area contributed by atoms with Gasteiger partial charge in [-0.2, -0.15) is 5.10 Å². The highest BCUT2D eigenvalue weighted by atomic mass is 16.2. The minimum Gasteiger partial charge on any atom is -0.385 e. The molecule has 0 radical (unpaired) electrons. The summed E-state index contributed by atoms with van der Waals surface area (Å²) in [5.74, 6) is -0.815. The van der Waals surface area contributed by atoms with Crippen LogP contribution in [0.3, 0.4) is 0 Å². The molecule has 0 bridgehead atoms. The molecular weight excluding hydrogens is 506 g/mol. The Morgan fingerprint density at radius 2 is 1.82 bits per heavy atom. The molecule has 6 rings (SSSR count). The predicted octanol–water partition coefficient (Wildman–Crippen LogP) is 3.93. The maximum absolute atomic E-state index is 13.0. The highest BCUT2D eigenvalue weighted by Crippen LogP contribution is 2.29. The van der Waals surface area contributed by atoms with E-state index in [0.29, 0.717) is 18.5 Å². The molecule has 10 heteroatoms. The number of hydrogen-bond acceptors (Lipinski definition) is 7. The van der Waals surface area contributed by atoms with E-state index in [4.69, 9.17) is 4.98 Å². The molecule has 4 aromatic rings. The normalized spacial score (nSPS) is 16.9. The summed E-state index contributed by atoms with van der Waals surface area (Å²) >= 11 is 0. The molecule has 10 nitrogen and oxygen atoms in total. The average Bonchev–Trinajstić information content (AvgIpc) is 3.57. The van der Waals surface area contributed by atoms with Crippen molar-refractivity contribution in [3.63, 3.8) is 0 Å². The molecule has 0 saturated carbocycles. The van der Waals surface area contributed by atoms with E-state index < -0.39 is 6.04 Å². The number of rotatable bonds is 10. The molecule has 2 aliphatic rings. The van der Waals surface area contributed by atoms with Gasteiger partial charge in [-0.3, -0.25) is 29.4 Å². The Morgan fingerprint density at radius 1 is 0.975 bits per heavy atom. The number of anilines is 1. The second-order valence-electron chi connectivity index (χ2n) is 10.3. The van der Waals surface area contributed by atoms with Gasteiger partial charge < -0.3 is 10.2 Å². The third kappa shape index (κ3) is 5.42. The van der Waals surface area contributed by atoms with E-state index in [-0.39, 0.29) is 24.1 Å². The van der Waals surface area contributed by atoms with Crippen molar-refractivity contribution < 1.29 is 14.4 Å². The molecule has 2 N–H and O–H groups in total. The van der Waals surface area contributed by atoms with E-state index in [1.54, 1.807) is 11.1 Å². The van der Waals surface area contributed by atoms with E-state index in [2.05, 4.69) is 20.7 Å². The molecule has 2 aromatic heterocycles. The molecule has 1 unspecified atom stereocenters. The maximum Gasteiger partial charge on any atom is 0.255 e. The highest BCUT2D eigenvalue weighted by molar-refractivity contribution is 6.05. The molecule has 0 spiro atoms. The largest absolute Gasteiger partial charge is 0.385 e. The second kappa shape index (κ2) is 11.3. The first-order valence-electron chi connectivity index (χ1n) is 13.8. The van der Waals surface area contributed by atoms with Gasteiger partial charge in [0.25, 0.3) is 5.91 Å². The average molecular weight is 538 g/mol. The van der Waals surface area contributed by atoms with Crippen molar-refractivity contribution >= 4 is 34.4 Å². The van der Waals surface area contributed by atoms with E-state index in [0.717, 1.165) is 72.3 Å². The zero-order valence-electron chi connectivity index (χ0n) is 22.2. The Balaban J connectivity index is 0.925. The van der Waals surface area contributed by atoms with Gasteiger partial charge in [0, 0.05) is 49.1 Å². The summed E-state index contributed by atoms with van der Waals surface area (Å²) in [5, 5.41) is 10.3. The number of carbonyl (C=O) groups is 3. The van der Waals surface area contributed by atoms with E-state index >= 15 is 0 Å². The van der Waals surface area contributed by atoms with Gasteiger partial charge in [-0.25, -0.2) is 4.98 Å². The molecule has 2 aliphatic heterocycles. The summed E-state index contributed by atoms with van der Waals surface area (Å²) < 4.78 is 1.96. The molecule has 0 aliphatic carbocycles. The van der Waals surface area contributed by atoms with Crippen LogP contribution in [-0.2, 0) is 22.7 Å². The van der Waals surface area contributed by atoms with Crippen LogP contribution in [0.5, 0.6) is 0 Å². The van der Waals surface area contributed by atoms with Crippen LogP contribution in [0, 0.1) is 0 Å². The minimum atomic E-state index is -0.588. The first-order valence-corrected chi connectivity index (χ1v) is 13.8. The molecule has 204 valence electrons. The maximum atomic E-state index is 13.0. The fourth-order valence-corrected chi connectivity index (χ4v) is 5.36. The summed E-state index contributed by atoms with van der Waals surface area (Å²) in [6, 6.07) is 13.1. The van der Waals surface area contributed by atoms with Gasteiger partial charge in [0.05, 0.1) is 29.1 Å². The van der Waals surface area contributed by atoms with Gasteiger partial charge in [-0.15, -0.1) is 0 Å². The second-order valence-corrected chi connectivity index (χ2v) is 10.3. The molecule has 1 saturated heterocycles. The number of aryl methyl sites for hydroxylation is 1. The van der Waals surface area contributed by atoms with Gasteiger partial charge in [0.15, 0.2) is 0 Å². The van der Waals surface area contributed by atoms with Gasteiger partial charge in [-0.05, 0) is 49.1 Å². The van der Waals surface area contributed by atoms with Crippen LogP contribution in [0.1, 0.15) is 54.4 Å². The predicted molar refractivity (Wildman–Crippen MR) is 150 cm³/mol. The van der Waals surface area contributed by atoms with E-state index in [1.165, 1.54) is 0 Å². The summed E-state index contributed by atoms with van der Waals surface area (Å²) in [6.45, 7) is 2.07. The van der Waals surface area contributed by atoms with E-state index in [1.807, 2.05) is 59.5 Å². The lowest BCUT2D eigenvalue weighted by Crippen LogP contribution is -2.52. The Bertz CT molecular complexity index is 1580. The zero-order valence-corrected chi connectivity index (χ0v) is 22.2. The molecular formula is C30H31N7O3. The van der Waals surface area contributed by atoms with Gasteiger partial charge in [0.2, 0.25) is 11.8 Å². The van der Waals surface area contributed by atoms with Gasteiger partial charge in [-0.1, -0.05) is 31.0 Å². The van der Waals surface area contributed by atoms with Crippen molar-refractivity contribution in [1.82, 2.24) is 30.0 Å². The third-order valence-corrected chi connectivity index (χ3v) is 7.55. The minimum absolute atomic E-state index is 0.150. The first-order chi connectivity index (χ1) is 19.5. The number of nitrogens with one attached hydrogen (secondary N) is 2. The summed E-state index contributed by atoms with van der Waals surface area (Å²) in [6.07, 6.45) is 10.5. The van der Waals surface area contributed by atoms with Crippen LogP contribution in [0.2, 0.25) is 0 Å². The standard InChI is InChI=1S/C30H31N7O3/c38-28-12-11-27(29(39)35-28)37-19-20-9-10-22(15-23(20)30(37)40)31-13-5-1-2-6-14-36-18-21(16-33-36)26-17-32-24-7-3-4-8-25(24)34-26/h3-4,7-10,15-18,27,31H,1-2,5-6,11-14,19H2,(H,35,38,39). The number of fused-ring (bicyclic) bond motifs is 2. The quantitative estimate of drug-likeness (QED) is 0.232. The lowest BCUT2D eigenvalue weighted by Gasteiger charge is -2.29. The number of hydrogen-bond donors (Lipinski definition) is 2. The van der Waals surface area contributed by atoms with Crippen LogP contribution in [0.4, 0.5) is 5.69 Å². The van der Waals surface area contributed by atoms with Crippen LogP contribution in [0.15, 0.2) is 61.1 Å². The fourth-order valence-electron chi connectivity index (χ4n) is 5.36. The molecule has 3 amide bonds. The van der Waals surface area contributed by atoms with Crippen molar-refractivity contribution in [2.45, 2.75) is 57.7 Å². The molecule has 4 heterocycles. The SMILES string of the molecule is O=C1CCC(N2Cc3ccc(NCCCCCCn4cc(-c5cnc6ccccc6n5)cn4)cc3C2=O)C(=O)N1. The number of carbonyl (C=O) groups excluding carboxylic acids is 3. The van der Waals surface area contributed by atoms with Crippen molar-refractivity contribution in [2.75, 3.05) is 11.9 Å². The van der Waals surface area contributed by atoms with Gasteiger partial charge in [0.1, 0.15) is 6.04 Å². The Morgan fingerprint density at radius 3 is 2.70 bits per heavy atom. The number of nitrogens with zero attached hydrogens (tertiary/aromatic N) is 5. The van der Waals surface area contributed by atoms with Crippen LogP contribution in [0.25, 0.3) is 22.3 Å². The van der Waals surface area contributed by atoms with Crippen molar-refractivity contribution in [1.29, 1.82) is 0 Å². The van der Waals surface area contributed by atoms with E-state index in [9.17, 15) is 14.4 Å². The van der Waals surface area contributed by atoms with Crippen molar-refractivity contribution in [2.24, 2.45) is 0 Å². The fraction of sp³-hybridized carbons (Fsp3) is 0.333. The Hall–Kier alpha value is -4.60. The first kappa shape index (κ1) is 25.7. The monoisotopic (exact) mass is 537 g/mol. The number of unbranched alkanes of at least 4 members (excludes halogenated alkanes) is 3. The number of amides is 3. The Kier molecular flexibility index (Phi) is 7.22. The number of aromatic nitrogens is 4. The number of imide groups is 1. The zero-order chi connectivity index (χ0) is 27.5. The summed E-state index contributed by atoms with van der Waals surface area (Å²) in [5.41, 5.74) is 6.00.